The van der Waals surface area contributed by atoms with E-state index < -0.39 is 12.5 Å². The first-order chi connectivity index (χ1) is 21.7. The number of rotatable bonds is 15. The second-order valence-electron chi connectivity index (χ2n) is 15.5. The Kier molecular flexibility index (Phi) is 15.1. The number of unbranched alkanes of at least 4 members (excludes halogenated alkanes) is 2. The molecule has 2 aliphatic heterocycles. The van der Waals surface area contributed by atoms with E-state index in [1.54, 1.807) is 0 Å². The molecule has 260 valence electrons. The summed E-state index contributed by atoms with van der Waals surface area (Å²) in [5.41, 5.74) is 18.6. The minimum absolute atomic E-state index is 0.0661. The first kappa shape index (κ1) is 38.5. The molecule has 0 bridgehead atoms. The lowest BCUT2D eigenvalue weighted by Gasteiger charge is -2.33. The zero-order valence-electron chi connectivity index (χ0n) is 29.7. The van der Waals surface area contributed by atoms with Crippen LogP contribution in [0, 0.1) is 0 Å². The van der Waals surface area contributed by atoms with E-state index >= 15 is 0 Å². The second-order valence-corrected chi connectivity index (χ2v) is 15.5. The highest BCUT2D eigenvalue weighted by molar-refractivity contribution is 5.37. The van der Waals surface area contributed by atoms with E-state index in [0.717, 1.165) is 76.0 Å². The van der Waals surface area contributed by atoms with E-state index in [1.165, 1.54) is 23.1 Å². The van der Waals surface area contributed by atoms with Gasteiger partial charge in [0.1, 0.15) is 0 Å². The normalized spacial score (nSPS) is 17.2. The molecule has 4 rings (SSSR count). The van der Waals surface area contributed by atoms with Crippen molar-refractivity contribution >= 4 is 0 Å². The van der Waals surface area contributed by atoms with Gasteiger partial charge in [-0.25, -0.2) is 8.78 Å². The van der Waals surface area contributed by atoms with Crippen LogP contribution in [0.4, 0.5) is 8.78 Å². The molecule has 2 heterocycles. The van der Waals surface area contributed by atoms with Gasteiger partial charge in [-0.1, -0.05) is 77.9 Å². The van der Waals surface area contributed by atoms with Crippen molar-refractivity contribution in [1.82, 2.24) is 21.3 Å². The highest BCUT2D eigenvalue weighted by Crippen LogP contribution is 2.31. The molecule has 8 heteroatoms. The summed E-state index contributed by atoms with van der Waals surface area (Å²) in [7, 11) is 0. The number of halogens is 2. The molecule has 0 spiro atoms. The SMILES string of the molecule is CC(C)(C)c1cc(CCCCN)cc(C(NC2CNC2)C(F)F)c1.CC(NC1CNC1)c1cc(CCCCN)cc(C(C)(C)C)c1. The number of hydrogen-bond donors (Lipinski definition) is 6. The first-order valence-corrected chi connectivity index (χ1v) is 17.6. The predicted molar refractivity (Wildman–Crippen MR) is 191 cm³/mol. The summed E-state index contributed by atoms with van der Waals surface area (Å²) in [6.45, 7) is 20.7. The van der Waals surface area contributed by atoms with Crippen LogP contribution in [0.3, 0.4) is 0 Å². The third kappa shape index (κ3) is 12.3. The second kappa shape index (κ2) is 18.0. The van der Waals surface area contributed by atoms with Crippen molar-refractivity contribution < 1.29 is 8.78 Å². The molecule has 2 fully saturated rings. The van der Waals surface area contributed by atoms with Crippen LogP contribution in [0.2, 0.25) is 0 Å². The number of nitrogens with one attached hydrogen (secondary N) is 4. The molecule has 2 unspecified atom stereocenters. The molecule has 2 saturated heterocycles. The minimum atomic E-state index is -2.42. The Hall–Kier alpha value is -1.94. The lowest BCUT2D eigenvalue weighted by molar-refractivity contribution is 0.0867. The summed E-state index contributed by atoms with van der Waals surface area (Å²) < 4.78 is 27.3. The monoisotopic (exact) mass is 643 g/mol. The molecule has 46 heavy (non-hydrogen) atoms. The third-order valence-electron chi connectivity index (χ3n) is 9.18. The average molecular weight is 643 g/mol. The lowest BCUT2D eigenvalue weighted by Crippen LogP contribution is -2.57. The molecule has 0 aliphatic carbocycles. The van der Waals surface area contributed by atoms with Crippen LogP contribution in [0.15, 0.2) is 36.4 Å². The van der Waals surface area contributed by atoms with Gasteiger partial charge in [-0.05, 0) is 103 Å². The summed E-state index contributed by atoms with van der Waals surface area (Å²) >= 11 is 0. The van der Waals surface area contributed by atoms with Gasteiger partial charge in [-0.15, -0.1) is 0 Å². The maximum Gasteiger partial charge on any atom is 0.257 e. The highest BCUT2D eigenvalue weighted by Gasteiger charge is 2.29. The van der Waals surface area contributed by atoms with Crippen molar-refractivity contribution in [3.05, 3.63) is 69.8 Å². The maximum atomic E-state index is 13.7. The van der Waals surface area contributed by atoms with Gasteiger partial charge in [0, 0.05) is 44.3 Å². The molecule has 8 N–H and O–H groups in total. The van der Waals surface area contributed by atoms with Gasteiger partial charge >= 0.3 is 0 Å². The first-order valence-electron chi connectivity index (χ1n) is 17.6. The molecule has 0 amide bonds. The molecular formula is C38H64F2N6. The zero-order chi connectivity index (χ0) is 33.9. The number of aryl methyl sites for hydroxylation is 2. The van der Waals surface area contributed by atoms with Crippen molar-refractivity contribution in [2.75, 3.05) is 39.3 Å². The average Bonchev–Trinajstić information content (AvgIpc) is 2.93. The standard InChI is InChI=1S/C19H31F2N3.C19H33N3/c1-19(2,3)15-9-13(6-4-5-7-22)8-14(10-15)17(18(20)21)24-16-11-23-12-16;1-14(22-18-12-21-13-18)16-9-15(7-5-6-8-20)10-17(11-16)19(2,3)4/h8-10,16-18,23-24H,4-7,11-12,22H2,1-3H3;9-11,14,18,21-22H,5-8,12-13,20H2,1-4H3. The molecule has 2 aliphatic rings. The Morgan fingerprint density at radius 1 is 0.674 bits per heavy atom. The van der Waals surface area contributed by atoms with Crippen molar-refractivity contribution in [2.24, 2.45) is 11.5 Å². The number of benzene rings is 2. The summed E-state index contributed by atoms with van der Waals surface area (Å²) in [5, 5.41) is 13.3. The van der Waals surface area contributed by atoms with Crippen molar-refractivity contribution in [3.8, 4) is 0 Å². The summed E-state index contributed by atoms with van der Waals surface area (Å²) in [6, 6.07) is 13.5. The predicted octanol–water partition coefficient (Wildman–Crippen LogP) is 6.02. The van der Waals surface area contributed by atoms with E-state index in [9.17, 15) is 8.78 Å². The fourth-order valence-corrected chi connectivity index (χ4v) is 5.80. The van der Waals surface area contributed by atoms with E-state index in [0.29, 0.717) is 24.2 Å². The fourth-order valence-electron chi connectivity index (χ4n) is 5.80. The van der Waals surface area contributed by atoms with Gasteiger partial charge in [-0.3, -0.25) is 5.32 Å². The fraction of sp³-hybridized carbons (Fsp3) is 0.684. The summed E-state index contributed by atoms with van der Waals surface area (Å²) in [6.07, 6.45) is 3.83. The van der Waals surface area contributed by atoms with E-state index in [2.05, 4.69) is 94.0 Å². The Morgan fingerprint density at radius 2 is 1.11 bits per heavy atom. The van der Waals surface area contributed by atoms with Gasteiger partial charge in [0.15, 0.2) is 0 Å². The van der Waals surface area contributed by atoms with E-state index in [1.807, 2.05) is 12.1 Å². The number of hydrogen-bond acceptors (Lipinski definition) is 6. The minimum Gasteiger partial charge on any atom is -0.330 e. The summed E-state index contributed by atoms with van der Waals surface area (Å²) in [5.74, 6) is 0. The van der Waals surface area contributed by atoms with Crippen molar-refractivity contribution in [3.63, 3.8) is 0 Å². The third-order valence-corrected chi connectivity index (χ3v) is 9.18. The Labute approximate surface area is 278 Å². The molecule has 2 aromatic carbocycles. The van der Waals surface area contributed by atoms with E-state index in [-0.39, 0.29) is 16.9 Å². The molecule has 2 atom stereocenters. The van der Waals surface area contributed by atoms with Crippen LogP contribution >= 0.6 is 0 Å². The van der Waals surface area contributed by atoms with Crippen molar-refractivity contribution in [2.45, 2.75) is 128 Å². The molecule has 0 radical (unpaired) electrons. The quantitative estimate of drug-likeness (QED) is 0.133. The van der Waals surface area contributed by atoms with Crippen LogP contribution < -0.4 is 32.7 Å². The van der Waals surface area contributed by atoms with Crippen molar-refractivity contribution in [1.29, 1.82) is 0 Å². The summed E-state index contributed by atoms with van der Waals surface area (Å²) in [4.78, 5) is 0. The van der Waals surface area contributed by atoms with Crippen LogP contribution in [-0.4, -0.2) is 57.8 Å². The van der Waals surface area contributed by atoms with Gasteiger partial charge in [0.05, 0.1) is 6.04 Å². The lowest BCUT2D eigenvalue weighted by atomic mass is 9.83. The highest BCUT2D eigenvalue weighted by atomic mass is 19.3. The Morgan fingerprint density at radius 3 is 1.50 bits per heavy atom. The van der Waals surface area contributed by atoms with Crippen LogP contribution in [-0.2, 0) is 23.7 Å². The molecule has 6 nitrogen and oxygen atoms in total. The van der Waals surface area contributed by atoms with Crippen LogP contribution in [0.25, 0.3) is 0 Å². The molecule has 2 aromatic rings. The molecular weight excluding hydrogens is 578 g/mol. The maximum absolute atomic E-state index is 13.7. The zero-order valence-corrected chi connectivity index (χ0v) is 29.7. The molecule has 0 saturated carbocycles. The van der Waals surface area contributed by atoms with Gasteiger partial charge in [0.2, 0.25) is 0 Å². The van der Waals surface area contributed by atoms with Gasteiger partial charge < -0.3 is 27.4 Å². The number of alkyl halides is 2. The van der Waals surface area contributed by atoms with Crippen LogP contribution in [0.1, 0.15) is 120 Å². The molecule has 0 aromatic heterocycles. The topological polar surface area (TPSA) is 100 Å². The van der Waals surface area contributed by atoms with Gasteiger partial charge in [-0.2, -0.15) is 0 Å². The number of nitrogens with two attached hydrogens (primary N) is 2. The van der Waals surface area contributed by atoms with Crippen LogP contribution in [0.5, 0.6) is 0 Å². The Bertz CT molecular complexity index is 1180. The largest absolute Gasteiger partial charge is 0.330 e. The van der Waals surface area contributed by atoms with E-state index in [4.69, 9.17) is 11.5 Å². The Balaban J connectivity index is 0.000000251. The smallest absolute Gasteiger partial charge is 0.257 e. The van der Waals surface area contributed by atoms with Gasteiger partial charge in [0.25, 0.3) is 6.43 Å².